The van der Waals surface area contributed by atoms with Gasteiger partial charge in [-0.15, -0.1) is 0 Å². The molecule has 250 valence electrons. The highest BCUT2D eigenvalue weighted by Crippen LogP contribution is 2.59. The molecule has 2 fully saturated rings. The van der Waals surface area contributed by atoms with Crippen molar-refractivity contribution in [3.63, 3.8) is 0 Å². The first kappa shape index (κ1) is 34.2. The second kappa shape index (κ2) is 14.3. The molecule has 2 aromatic rings. The van der Waals surface area contributed by atoms with E-state index in [1.807, 2.05) is 19.1 Å². The van der Waals surface area contributed by atoms with E-state index in [0.29, 0.717) is 69.2 Å². The first-order valence-corrected chi connectivity index (χ1v) is 16.7. The number of ketones is 1. The van der Waals surface area contributed by atoms with Gasteiger partial charge in [-0.1, -0.05) is 30.7 Å². The maximum Gasteiger partial charge on any atom is 0.409 e. The van der Waals surface area contributed by atoms with E-state index < -0.39 is 40.6 Å². The molecule has 4 aliphatic rings. The molecule has 0 spiro atoms. The number of hydrogen-bond acceptors (Lipinski definition) is 6. The summed E-state index contributed by atoms with van der Waals surface area (Å²) in [5.41, 5.74) is 0.913. The average Bonchev–Trinajstić information content (AvgIpc) is 3.62. The number of nitrogens with zero attached hydrogens (tertiary/aromatic N) is 1. The molecular formula is C37H47F2NO6. The number of fused-ring (bicyclic) bond motifs is 8. The smallest absolute Gasteiger partial charge is 0.409 e. The molecule has 9 heteroatoms. The maximum absolute atomic E-state index is 14.3. The van der Waals surface area contributed by atoms with Gasteiger partial charge in [0.25, 0.3) is 0 Å². The minimum Gasteiger partial charge on any atom is -0.450 e. The van der Waals surface area contributed by atoms with Crippen molar-refractivity contribution in [2.45, 2.75) is 102 Å². The fraction of sp³-hybridized carbons (Fsp3) is 0.568. The molecule has 6 rings (SSSR count). The molecule has 1 saturated heterocycles. The van der Waals surface area contributed by atoms with Crippen molar-refractivity contribution in [2.24, 2.45) is 5.41 Å². The Morgan fingerprint density at radius 2 is 1.89 bits per heavy atom. The summed E-state index contributed by atoms with van der Waals surface area (Å²) >= 11 is 0. The van der Waals surface area contributed by atoms with Gasteiger partial charge < -0.3 is 24.6 Å². The number of ether oxygens (including phenoxy) is 2. The first-order chi connectivity index (χ1) is 21.9. The topological polar surface area (TPSA) is 96.3 Å². The Balaban J connectivity index is 1.59. The van der Waals surface area contributed by atoms with Gasteiger partial charge in [0.05, 0.1) is 37.5 Å². The van der Waals surface area contributed by atoms with Crippen LogP contribution in [0.4, 0.5) is 13.6 Å². The third-order valence-electron chi connectivity index (χ3n) is 10.5. The predicted octanol–water partition coefficient (Wildman–Crippen LogP) is 6.87. The number of benzene rings is 2. The molecular weight excluding hydrogens is 592 g/mol. The molecule has 0 radical (unpaired) electrons. The third kappa shape index (κ3) is 7.21. The van der Waals surface area contributed by atoms with Gasteiger partial charge in [-0.2, -0.15) is 0 Å². The van der Waals surface area contributed by atoms with E-state index in [-0.39, 0.29) is 30.7 Å². The van der Waals surface area contributed by atoms with E-state index in [0.717, 1.165) is 36.1 Å². The Hall–Kier alpha value is -3.14. The summed E-state index contributed by atoms with van der Waals surface area (Å²) in [6, 6.07) is 8.72. The van der Waals surface area contributed by atoms with Crippen molar-refractivity contribution in [1.82, 2.24) is 4.90 Å². The third-order valence-corrected chi connectivity index (χ3v) is 10.5. The van der Waals surface area contributed by atoms with Gasteiger partial charge in [-0.3, -0.25) is 4.79 Å². The highest BCUT2D eigenvalue weighted by atomic mass is 19.2. The quantitative estimate of drug-likeness (QED) is 0.254. The summed E-state index contributed by atoms with van der Waals surface area (Å²) in [6.07, 6.45) is 6.45. The monoisotopic (exact) mass is 639 g/mol. The molecule has 2 aromatic carbocycles. The molecule has 1 amide bonds. The Bertz CT molecular complexity index is 1460. The molecule has 0 unspecified atom stereocenters. The average molecular weight is 640 g/mol. The molecule has 3 aliphatic carbocycles. The molecule has 1 aliphatic heterocycles. The number of aliphatic hydroxyl groups is 2. The summed E-state index contributed by atoms with van der Waals surface area (Å²) in [7, 11) is 0. The molecule has 1 saturated carbocycles. The first-order valence-electron chi connectivity index (χ1n) is 16.7. The van der Waals surface area contributed by atoms with Crippen LogP contribution in [-0.2, 0) is 15.9 Å². The van der Waals surface area contributed by atoms with Gasteiger partial charge >= 0.3 is 6.09 Å². The van der Waals surface area contributed by atoms with Crippen LogP contribution in [0.2, 0.25) is 0 Å². The summed E-state index contributed by atoms with van der Waals surface area (Å²) in [5, 5.41) is 23.5. The lowest BCUT2D eigenvalue weighted by atomic mass is 9.64. The highest BCUT2D eigenvalue weighted by molar-refractivity contribution is 6.10. The van der Waals surface area contributed by atoms with E-state index in [4.69, 9.17) is 9.47 Å². The van der Waals surface area contributed by atoms with E-state index >= 15 is 0 Å². The Labute approximate surface area is 270 Å². The fourth-order valence-electron chi connectivity index (χ4n) is 7.76. The molecule has 1 heterocycles. The normalized spacial score (nSPS) is 28.3. The van der Waals surface area contributed by atoms with E-state index in [1.165, 1.54) is 6.07 Å². The van der Waals surface area contributed by atoms with Gasteiger partial charge in [0, 0.05) is 23.1 Å². The minimum absolute atomic E-state index is 0.0255. The number of allylic oxidation sites excluding steroid dienone is 2. The van der Waals surface area contributed by atoms with Gasteiger partial charge in [-0.25, -0.2) is 13.6 Å². The summed E-state index contributed by atoms with van der Waals surface area (Å²) in [5.74, 6) is -2.87. The lowest BCUT2D eigenvalue weighted by Crippen LogP contribution is -2.55. The van der Waals surface area contributed by atoms with Crippen molar-refractivity contribution >= 4 is 11.9 Å². The lowest BCUT2D eigenvalue weighted by Gasteiger charge is -2.46. The number of rotatable bonds is 7. The standard InChI is InChI=1S/C37H47F2NO6/c1-4-45-35(43)40(22-28-8-6-18-46-28)23-37(44)17-15-31-29-13-10-25(19-27(41)12-9-24(2)7-5-16-36(31,37)3)20-30(29)34(42)26-11-14-32(38)33(39)21-26/h7,10-11,13-14,20-21,27-28,31,41,44H,4-6,8-9,12,15-19,22-23H2,1-3H3/t27-,28+,31-,36-,37+/m0/s1. The Morgan fingerprint density at radius 3 is 2.61 bits per heavy atom. The minimum atomic E-state index is -1.32. The zero-order chi connectivity index (χ0) is 33.1. The number of amides is 1. The lowest BCUT2D eigenvalue weighted by molar-refractivity contribution is -0.0851. The Kier molecular flexibility index (Phi) is 10.6. The largest absolute Gasteiger partial charge is 0.450 e. The Morgan fingerprint density at radius 1 is 1.09 bits per heavy atom. The number of halogens is 2. The van der Waals surface area contributed by atoms with Crippen molar-refractivity contribution in [3.05, 3.63) is 81.9 Å². The van der Waals surface area contributed by atoms with E-state index in [1.54, 1.807) is 17.9 Å². The predicted molar refractivity (Wildman–Crippen MR) is 171 cm³/mol. The van der Waals surface area contributed by atoms with Crippen LogP contribution in [0.1, 0.15) is 105 Å². The second-order valence-corrected chi connectivity index (χ2v) is 13.6. The SMILES string of the molecule is CCOC(=O)N(C[C@H]1CCCO1)C[C@]1(O)CC[C@H]2c3ccc(cc3C(=O)c3ccc(F)c(F)c3)C[C@@H](O)CCC(C)=CCC[C@@]21C. The van der Waals surface area contributed by atoms with Gasteiger partial charge in [0.15, 0.2) is 17.4 Å². The second-order valence-electron chi connectivity index (χ2n) is 13.6. The maximum atomic E-state index is 14.3. The van der Waals surface area contributed by atoms with E-state index in [9.17, 15) is 28.6 Å². The molecule has 46 heavy (non-hydrogen) atoms. The van der Waals surface area contributed by atoms with Crippen LogP contribution in [0.25, 0.3) is 0 Å². The van der Waals surface area contributed by atoms with Crippen molar-refractivity contribution in [2.75, 3.05) is 26.3 Å². The fourth-order valence-corrected chi connectivity index (χ4v) is 7.76. The van der Waals surface area contributed by atoms with Crippen LogP contribution in [0.5, 0.6) is 0 Å². The van der Waals surface area contributed by atoms with Crippen molar-refractivity contribution in [3.8, 4) is 0 Å². The van der Waals surface area contributed by atoms with Crippen LogP contribution in [0.15, 0.2) is 48.0 Å². The van der Waals surface area contributed by atoms with Crippen LogP contribution in [0, 0.1) is 17.0 Å². The highest BCUT2D eigenvalue weighted by Gasteiger charge is 2.58. The van der Waals surface area contributed by atoms with Gasteiger partial charge in [0.2, 0.25) is 0 Å². The summed E-state index contributed by atoms with van der Waals surface area (Å²) in [4.78, 5) is 28.9. The molecule has 0 aromatic heterocycles. The van der Waals surface area contributed by atoms with Crippen LogP contribution in [-0.4, -0.2) is 71.1 Å². The van der Waals surface area contributed by atoms with Crippen LogP contribution >= 0.6 is 0 Å². The van der Waals surface area contributed by atoms with Gasteiger partial charge in [0.1, 0.15) is 0 Å². The number of carbonyl (C=O) groups is 2. The molecule has 2 N–H and O–H groups in total. The molecule has 5 atom stereocenters. The number of hydrogen-bond donors (Lipinski definition) is 2. The van der Waals surface area contributed by atoms with Gasteiger partial charge in [-0.05, 0) is 113 Å². The van der Waals surface area contributed by atoms with Crippen molar-refractivity contribution < 1.29 is 38.1 Å². The van der Waals surface area contributed by atoms with Crippen LogP contribution < -0.4 is 0 Å². The number of aliphatic hydroxyl groups excluding tert-OH is 1. The molecule has 7 nitrogen and oxygen atoms in total. The summed E-state index contributed by atoms with van der Waals surface area (Å²) < 4.78 is 39.4. The molecule has 2 bridgehead atoms. The van der Waals surface area contributed by atoms with E-state index in [2.05, 4.69) is 13.0 Å². The van der Waals surface area contributed by atoms with Crippen molar-refractivity contribution in [1.29, 1.82) is 0 Å². The zero-order valence-corrected chi connectivity index (χ0v) is 27.2. The number of carbonyl (C=O) groups excluding carboxylic acids is 2. The van der Waals surface area contributed by atoms with Crippen LogP contribution in [0.3, 0.4) is 0 Å². The summed E-state index contributed by atoms with van der Waals surface area (Å²) in [6.45, 7) is 7.06. The zero-order valence-electron chi connectivity index (χ0n) is 27.2.